The minimum atomic E-state index is 0.211. The summed E-state index contributed by atoms with van der Waals surface area (Å²) in [6, 6.07) is 16.2. The van der Waals surface area contributed by atoms with Crippen molar-refractivity contribution in [1.29, 1.82) is 0 Å². The third-order valence-electron chi connectivity index (χ3n) is 3.35. The summed E-state index contributed by atoms with van der Waals surface area (Å²) < 4.78 is 10.8. The number of methoxy groups -OCH3 is 1. The third-order valence-corrected chi connectivity index (χ3v) is 3.35. The summed E-state index contributed by atoms with van der Waals surface area (Å²) in [6.07, 6.45) is 0.211. The highest BCUT2D eigenvalue weighted by Gasteiger charge is 1.98. The van der Waals surface area contributed by atoms with Crippen molar-refractivity contribution in [2.45, 2.75) is 26.5 Å². The van der Waals surface area contributed by atoms with Gasteiger partial charge in [-0.2, -0.15) is 0 Å². The fourth-order valence-corrected chi connectivity index (χ4v) is 2.19. The van der Waals surface area contributed by atoms with E-state index in [-0.39, 0.29) is 6.10 Å². The van der Waals surface area contributed by atoms with Crippen LogP contribution >= 0.6 is 0 Å². The molecule has 0 amide bonds. The van der Waals surface area contributed by atoms with E-state index in [2.05, 4.69) is 22.8 Å². The average molecular weight is 314 g/mol. The van der Waals surface area contributed by atoms with Crippen LogP contribution in [-0.2, 0) is 6.54 Å². The Bertz CT molecular complexity index is 565. The molecule has 0 radical (unpaired) electrons. The summed E-state index contributed by atoms with van der Waals surface area (Å²) in [5.41, 5.74) is 2.35. The van der Waals surface area contributed by atoms with Crippen LogP contribution in [0.1, 0.15) is 19.4 Å². The van der Waals surface area contributed by atoms with Crippen molar-refractivity contribution in [3.8, 4) is 11.5 Å². The largest absolute Gasteiger partial charge is 0.497 e. The van der Waals surface area contributed by atoms with Gasteiger partial charge >= 0.3 is 0 Å². The van der Waals surface area contributed by atoms with E-state index >= 15 is 0 Å². The lowest BCUT2D eigenvalue weighted by Crippen LogP contribution is -2.21. The van der Waals surface area contributed by atoms with Crippen LogP contribution in [0.25, 0.3) is 0 Å². The summed E-state index contributed by atoms with van der Waals surface area (Å²) in [6.45, 7) is 6.69. The zero-order valence-corrected chi connectivity index (χ0v) is 14.1. The maximum atomic E-state index is 5.64. The number of nitrogens with one attached hydrogen (secondary N) is 2. The molecule has 2 aromatic carbocycles. The van der Waals surface area contributed by atoms with Gasteiger partial charge in [0, 0.05) is 25.3 Å². The number of ether oxygens (including phenoxy) is 2. The summed E-state index contributed by atoms with van der Waals surface area (Å²) >= 11 is 0. The second-order valence-electron chi connectivity index (χ2n) is 5.64. The summed E-state index contributed by atoms with van der Waals surface area (Å²) in [5, 5.41) is 6.80. The summed E-state index contributed by atoms with van der Waals surface area (Å²) in [7, 11) is 1.67. The molecule has 0 unspecified atom stereocenters. The summed E-state index contributed by atoms with van der Waals surface area (Å²) in [4.78, 5) is 0. The van der Waals surface area contributed by atoms with Crippen LogP contribution in [0.15, 0.2) is 48.5 Å². The van der Waals surface area contributed by atoms with Gasteiger partial charge in [0.1, 0.15) is 11.5 Å². The molecule has 0 aromatic heterocycles. The number of anilines is 1. The van der Waals surface area contributed by atoms with Crippen molar-refractivity contribution in [3.63, 3.8) is 0 Å². The Morgan fingerprint density at radius 1 is 0.870 bits per heavy atom. The molecule has 0 aliphatic heterocycles. The van der Waals surface area contributed by atoms with E-state index in [9.17, 15) is 0 Å². The molecule has 0 bridgehead atoms. The molecule has 2 rings (SSSR count). The second kappa shape index (κ2) is 9.06. The smallest absolute Gasteiger partial charge is 0.119 e. The summed E-state index contributed by atoms with van der Waals surface area (Å²) in [5.74, 6) is 1.79. The van der Waals surface area contributed by atoms with Crippen molar-refractivity contribution >= 4 is 5.69 Å². The van der Waals surface area contributed by atoms with Crippen molar-refractivity contribution in [1.82, 2.24) is 5.32 Å². The Hall–Kier alpha value is -2.20. The number of hydrogen-bond donors (Lipinski definition) is 2. The molecule has 0 atom stereocenters. The van der Waals surface area contributed by atoms with Gasteiger partial charge in [-0.25, -0.2) is 0 Å². The highest BCUT2D eigenvalue weighted by molar-refractivity contribution is 5.46. The fraction of sp³-hybridized carbons (Fsp3) is 0.368. The Morgan fingerprint density at radius 3 is 2.13 bits per heavy atom. The molecule has 0 aliphatic rings. The van der Waals surface area contributed by atoms with Gasteiger partial charge in [-0.3, -0.25) is 0 Å². The topological polar surface area (TPSA) is 42.5 Å². The molecule has 2 aromatic rings. The highest BCUT2D eigenvalue weighted by Crippen LogP contribution is 2.15. The van der Waals surface area contributed by atoms with Crippen molar-refractivity contribution in [2.75, 3.05) is 25.5 Å². The molecule has 4 nitrogen and oxygen atoms in total. The first-order valence-electron chi connectivity index (χ1n) is 8.01. The molecule has 124 valence electrons. The predicted octanol–water partition coefficient (Wildman–Crippen LogP) is 3.68. The Kier molecular flexibility index (Phi) is 6.76. The first kappa shape index (κ1) is 17.2. The number of rotatable bonds is 9. The molecule has 4 heteroatoms. The molecule has 0 saturated carbocycles. The lowest BCUT2D eigenvalue weighted by Gasteiger charge is -2.11. The average Bonchev–Trinajstić information content (AvgIpc) is 2.56. The highest BCUT2D eigenvalue weighted by atomic mass is 16.5. The first-order chi connectivity index (χ1) is 11.2. The van der Waals surface area contributed by atoms with E-state index < -0.39 is 0 Å². The van der Waals surface area contributed by atoms with E-state index in [0.29, 0.717) is 0 Å². The van der Waals surface area contributed by atoms with Gasteiger partial charge in [-0.15, -0.1) is 0 Å². The molecule has 0 saturated heterocycles. The lowest BCUT2D eigenvalue weighted by atomic mass is 10.2. The van der Waals surface area contributed by atoms with Crippen LogP contribution < -0.4 is 20.1 Å². The van der Waals surface area contributed by atoms with Crippen LogP contribution in [0.5, 0.6) is 11.5 Å². The molecular weight excluding hydrogens is 288 g/mol. The molecule has 0 spiro atoms. The lowest BCUT2D eigenvalue weighted by molar-refractivity contribution is 0.242. The second-order valence-corrected chi connectivity index (χ2v) is 5.64. The van der Waals surface area contributed by atoms with Gasteiger partial charge in [0.05, 0.1) is 13.2 Å². The molecule has 0 fully saturated rings. The number of benzene rings is 2. The molecule has 23 heavy (non-hydrogen) atoms. The van der Waals surface area contributed by atoms with E-state index in [1.165, 1.54) is 5.56 Å². The van der Waals surface area contributed by atoms with Gasteiger partial charge in [-0.1, -0.05) is 12.1 Å². The minimum Gasteiger partial charge on any atom is -0.497 e. The fourth-order valence-electron chi connectivity index (χ4n) is 2.19. The van der Waals surface area contributed by atoms with Crippen molar-refractivity contribution < 1.29 is 9.47 Å². The van der Waals surface area contributed by atoms with Crippen LogP contribution in [0.4, 0.5) is 5.69 Å². The first-order valence-corrected chi connectivity index (χ1v) is 8.01. The SMILES string of the molecule is COc1ccc(NCCNCc2ccc(OC(C)C)cc2)cc1. The van der Waals surface area contributed by atoms with Gasteiger partial charge in [0.15, 0.2) is 0 Å². The van der Waals surface area contributed by atoms with E-state index in [4.69, 9.17) is 9.47 Å². The van der Waals surface area contributed by atoms with Crippen LogP contribution in [-0.4, -0.2) is 26.3 Å². The Balaban J connectivity index is 1.64. The van der Waals surface area contributed by atoms with Gasteiger partial charge in [0.25, 0.3) is 0 Å². The van der Waals surface area contributed by atoms with Gasteiger partial charge in [0.2, 0.25) is 0 Å². The van der Waals surface area contributed by atoms with Gasteiger partial charge in [-0.05, 0) is 55.8 Å². The maximum absolute atomic E-state index is 5.64. The van der Waals surface area contributed by atoms with Gasteiger partial charge < -0.3 is 20.1 Å². The van der Waals surface area contributed by atoms with Crippen molar-refractivity contribution in [2.24, 2.45) is 0 Å². The molecular formula is C19H26N2O2. The Labute approximate surface area is 138 Å². The van der Waals surface area contributed by atoms with Crippen LogP contribution in [0.2, 0.25) is 0 Å². The van der Waals surface area contributed by atoms with E-state index in [0.717, 1.165) is 36.8 Å². The van der Waals surface area contributed by atoms with Crippen LogP contribution in [0.3, 0.4) is 0 Å². The minimum absolute atomic E-state index is 0.211. The monoisotopic (exact) mass is 314 g/mol. The number of hydrogen-bond acceptors (Lipinski definition) is 4. The van der Waals surface area contributed by atoms with E-state index in [1.54, 1.807) is 7.11 Å². The maximum Gasteiger partial charge on any atom is 0.119 e. The Morgan fingerprint density at radius 2 is 1.52 bits per heavy atom. The van der Waals surface area contributed by atoms with Crippen molar-refractivity contribution in [3.05, 3.63) is 54.1 Å². The predicted molar refractivity (Wildman–Crippen MR) is 95.4 cm³/mol. The van der Waals surface area contributed by atoms with Crippen LogP contribution in [0, 0.1) is 0 Å². The molecule has 0 heterocycles. The zero-order chi connectivity index (χ0) is 16.5. The molecule has 0 aliphatic carbocycles. The standard InChI is InChI=1S/C19H26N2O2/c1-15(2)23-19-8-4-16(5-9-19)14-20-12-13-21-17-6-10-18(22-3)11-7-17/h4-11,15,20-21H,12-14H2,1-3H3. The molecule has 2 N–H and O–H groups in total. The van der Waals surface area contributed by atoms with E-state index in [1.807, 2.05) is 50.2 Å². The third kappa shape index (κ3) is 6.20. The normalized spacial score (nSPS) is 10.6. The zero-order valence-electron chi connectivity index (χ0n) is 14.1. The quantitative estimate of drug-likeness (QED) is 0.693.